The summed E-state index contributed by atoms with van der Waals surface area (Å²) in [5.74, 6) is 0.885. The Bertz CT molecular complexity index is 339. The first-order valence-electron chi connectivity index (χ1n) is 5.66. The molecule has 0 aliphatic heterocycles. The second kappa shape index (κ2) is 5.87. The molecule has 0 saturated carbocycles. The number of aryl methyl sites for hydroxylation is 1. The number of benzene rings is 1. The van der Waals surface area contributed by atoms with Crippen LogP contribution in [-0.4, -0.2) is 25.3 Å². The zero-order valence-corrected chi connectivity index (χ0v) is 10.4. The van der Waals surface area contributed by atoms with E-state index in [4.69, 9.17) is 4.74 Å². The lowest BCUT2D eigenvalue weighted by Crippen LogP contribution is -2.28. The van der Waals surface area contributed by atoms with Crippen molar-refractivity contribution in [2.24, 2.45) is 0 Å². The van der Waals surface area contributed by atoms with Gasteiger partial charge in [0.1, 0.15) is 5.75 Å². The minimum Gasteiger partial charge on any atom is -0.496 e. The van der Waals surface area contributed by atoms with Crippen molar-refractivity contribution in [3.63, 3.8) is 0 Å². The van der Waals surface area contributed by atoms with Gasteiger partial charge in [0.2, 0.25) is 0 Å². The second-order valence-corrected chi connectivity index (χ2v) is 3.95. The van der Waals surface area contributed by atoms with Crippen LogP contribution in [0.3, 0.4) is 0 Å². The van der Waals surface area contributed by atoms with Crippen LogP contribution in [0.15, 0.2) is 18.2 Å². The molecule has 0 spiro atoms. The van der Waals surface area contributed by atoms with E-state index in [9.17, 15) is 5.11 Å². The number of methoxy groups -OCH3 is 1. The normalized spacial score (nSPS) is 14.6. The van der Waals surface area contributed by atoms with Crippen LogP contribution in [0.4, 0.5) is 0 Å². The van der Waals surface area contributed by atoms with E-state index >= 15 is 0 Å². The number of aliphatic hydroxyl groups is 1. The van der Waals surface area contributed by atoms with Crippen LogP contribution in [0.1, 0.15) is 31.1 Å². The minimum atomic E-state index is -0.485. The molecule has 1 aromatic carbocycles. The molecule has 16 heavy (non-hydrogen) atoms. The van der Waals surface area contributed by atoms with Crippen molar-refractivity contribution in [1.82, 2.24) is 5.32 Å². The van der Waals surface area contributed by atoms with Crippen molar-refractivity contribution in [3.05, 3.63) is 29.3 Å². The minimum absolute atomic E-state index is 0.0399. The molecule has 1 rings (SSSR count). The molecule has 2 unspecified atom stereocenters. The van der Waals surface area contributed by atoms with Gasteiger partial charge in [0, 0.05) is 6.04 Å². The van der Waals surface area contributed by atoms with Gasteiger partial charge in [0.15, 0.2) is 0 Å². The number of nitrogens with one attached hydrogen (secondary N) is 1. The van der Waals surface area contributed by atoms with Gasteiger partial charge in [-0.15, -0.1) is 0 Å². The van der Waals surface area contributed by atoms with Crippen LogP contribution >= 0.6 is 0 Å². The molecule has 90 valence electrons. The number of likely N-dealkylation sites (N-methyl/N-ethyl adjacent to an activating group) is 1. The molecular formula is C13H21NO2. The van der Waals surface area contributed by atoms with E-state index < -0.39 is 6.10 Å². The maximum atomic E-state index is 10.1. The predicted molar refractivity (Wildman–Crippen MR) is 65.9 cm³/mol. The van der Waals surface area contributed by atoms with Crippen LogP contribution in [-0.2, 0) is 6.42 Å². The van der Waals surface area contributed by atoms with Crippen LogP contribution in [0.25, 0.3) is 0 Å². The SMILES string of the molecule is CCc1cc(C(O)C(C)NC)ccc1OC. The summed E-state index contributed by atoms with van der Waals surface area (Å²) in [5, 5.41) is 13.1. The second-order valence-electron chi connectivity index (χ2n) is 3.95. The van der Waals surface area contributed by atoms with E-state index in [0.29, 0.717) is 0 Å². The molecule has 0 heterocycles. The van der Waals surface area contributed by atoms with Gasteiger partial charge in [-0.1, -0.05) is 13.0 Å². The van der Waals surface area contributed by atoms with Crippen molar-refractivity contribution in [2.75, 3.05) is 14.2 Å². The number of ether oxygens (including phenoxy) is 1. The highest BCUT2D eigenvalue weighted by Crippen LogP contribution is 2.25. The molecule has 2 N–H and O–H groups in total. The van der Waals surface area contributed by atoms with Crippen LogP contribution in [0, 0.1) is 0 Å². The topological polar surface area (TPSA) is 41.5 Å². The highest BCUT2D eigenvalue weighted by atomic mass is 16.5. The lowest BCUT2D eigenvalue weighted by atomic mass is 10.00. The van der Waals surface area contributed by atoms with Crippen LogP contribution < -0.4 is 10.1 Å². The van der Waals surface area contributed by atoms with Crippen molar-refractivity contribution in [3.8, 4) is 5.75 Å². The third-order valence-corrected chi connectivity index (χ3v) is 2.96. The van der Waals surface area contributed by atoms with Gasteiger partial charge in [-0.3, -0.25) is 0 Å². The first-order chi connectivity index (χ1) is 7.63. The van der Waals surface area contributed by atoms with Crippen LogP contribution in [0.5, 0.6) is 5.75 Å². The van der Waals surface area contributed by atoms with E-state index in [1.165, 1.54) is 0 Å². The Morgan fingerprint density at radius 1 is 1.44 bits per heavy atom. The first kappa shape index (κ1) is 13.0. The van der Waals surface area contributed by atoms with Crippen molar-refractivity contribution < 1.29 is 9.84 Å². The number of hydrogen-bond donors (Lipinski definition) is 2. The number of hydrogen-bond acceptors (Lipinski definition) is 3. The monoisotopic (exact) mass is 223 g/mol. The summed E-state index contributed by atoms with van der Waals surface area (Å²) in [6.07, 6.45) is 0.415. The summed E-state index contributed by atoms with van der Waals surface area (Å²) in [5.41, 5.74) is 2.06. The summed E-state index contributed by atoms with van der Waals surface area (Å²) in [6.45, 7) is 4.04. The van der Waals surface area contributed by atoms with Crippen molar-refractivity contribution in [1.29, 1.82) is 0 Å². The van der Waals surface area contributed by atoms with Gasteiger partial charge in [-0.2, -0.15) is 0 Å². The Hall–Kier alpha value is -1.06. The number of aliphatic hydroxyl groups excluding tert-OH is 1. The molecule has 0 aliphatic rings. The molecule has 3 heteroatoms. The lowest BCUT2D eigenvalue weighted by Gasteiger charge is -2.19. The summed E-state index contributed by atoms with van der Waals surface area (Å²) >= 11 is 0. The standard InChI is InChI=1S/C13H21NO2/c1-5-10-8-11(6-7-12(10)16-4)13(15)9(2)14-3/h6-9,13-15H,5H2,1-4H3. The molecule has 0 saturated heterocycles. The average Bonchev–Trinajstić information content (AvgIpc) is 2.35. The van der Waals surface area contributed by atoms with Gasteiger partial charge in [-0.25, -0.2) is 0 Å². The first-order valence-corrected chi connectivity index (χ1v) is 5.66. The summed E-state index contributed by atoms with van der Waals surface area (Å²) in [7, 11) is 3.51. The molecule has 0 aromatic heterocycles. The molecular weight excluding hydrogens is 202 g/mol. The Balaban J connectivity index is 2.98. The van der Waals surface area contributed by atoms with Crippen molar-refractivity contribution in [2.45, 2.75) is 32.4 Å². The molecule has 1 aromatic rings. The molecule has 2 atom stereocenters. The van der Waals surface area contributed by atoms with Crippen LogP contribution in [0.2, 0.25) is 0 Å². The summed E-state index contributed by atoms with van der Waals surface area (Å²) < 4.78 is 5.26. The van der Waals surface area contributed by atoms with E-state index in [1.54, 1.807) is 7.11 Å². The predicted octanol–water partition coefficient (Wildman–Crippen LogP) is 1.90. The number of rotatable bonds is 5. The van der Waals surface area contributed by atoms with E-state index in [1.807, 2.05) is 32.2 Å². The quantitative estimate of drug-likeness (QED) is 0.801. The highest BCUT2D eigenvalue weighted by Gasteiger charge is 2.15. The average molecular weight is 223 g/mol. The molecule has 3 nitrogen and oxygen atoms in total. The molecule has 0 fully saturated rings. The van der Waals surface area contributed by atoms with E-state index in [-0.39, 0.29) is 6.04 Å². The van der Waals surface area contributed by atoms with Gasteiger partial charge in [0.25, 0.3) is 0 Å². The fraction of sp³-hybridized carbons (Fsp3) is 0.538. The third-order valence-electron chi connectivity index (χ3n) is 2.96. The van der Waals surface area contributed by atoms with E-state index in [2.05, 4.69) is 12.2 Å². The Kier molecular flexibility index (Phi) is 4.77. The smallest absolute Gasteiger partial charge is 0.122 e. The highest BCUT2D eigenvalue weighted by molar-refractivity contribution is 5.38. The molecule has 0 bridgehead atoms. The third kappa shape index (κ3) is 2.74. The lowest BCUT2D eigenvalue weighted by molar-refractivity contribution is 0.140. The zero-order valence-electron chi connectivity index (χ0n) is 10.4. The van der Waals surface area contributed by atoms with Crippen molar-refractivity contribution >= 4 is 0 Å². The van der Waals surface area contributed by atoms with Gasteiger partial charge in [0.05, 0.1) is 13.2 Å². The summed E-state index contributed by atoms with van der Waals surface area (Å²) in [6, 6.07) is 5.88. The molecule has 0 amide bonds. The van der Waals surface area contributed by atoms with E-state index in [0.717, 1.165) is 23.3 Å². The van der Waals surface area contributed by atoms with Gasteiger partial charge >= 0.3 is 0 Å². The van der Waals surface area contributed by atoms with Gasteiger partial charge in [-0.05, 0) is 43.7 Å². The van der Waals surface area contributed by atoms with Gasteiger partial charge < -0.3 is 15.2 Å². The summed E-state index contributed by atoms with van der Waals surface area (Å²) in [4.78, 5) is 0. The fourth-order valence-corrected chi connectivity index (χ4v) is 1.71. The molecule has 0 radical (unpaired) electrons. The Labute approximate surface area is 97.4 Å². The molecule has 0 aliphatic carbocycles. The maximum Gasteiger partial charge on any atom is 0.122 e. The maximum absolute atomic E-state index is 10.1. The Morgan fingerprint density at radius 3 is 2.62 bits per heavy atom. The largest absolute Gasteiger partial charge is 0.496 e. The fourth-order valence-electron chi connectivity index (χ4n) is 1.71. The Morgan fingerprint density at radius 2 is 2.12 bits per heavy atom. The zero-order chi connectivity index (χ0) is 12.1.